The third-order valence-corrected chi connectivity index (χ3v) is 5.42. The Morgan fingerprint density at radius 2 is 2.20 bits per heavy atom. The van der Waals surface area contributed by atoms with E-state index >= 15 is 0 Å². The molecule has 0 saturated carbocycles. The lowest BCUT2D eigenvalue weighted by Crippen LogP contribution is -2.40. The number of aliphatic hydroxyl groups excluding tert-OH is 1. The van der Waals surface area contributed by atoms with Crippen molar-refractivity contribution in [3.63, 3.8) is 0 Å². The van der Waals surface area contributed by atoms with Crippen LogP contribution in [-0.2, 0) is 9.47 Å². The Morgan fingerprint density at radius 3 is 2.85 bits per heavy atom. The van der Waals surface area contributed by atoms with E-state index in [0.717, 1.165) is 36.5 Å². The SMILES string of the molecule is C[C@@H](C#N)CC1CCC2OC(CCCO)C(CI)C2O1. The molecule has 0 aromatic heterocycles. The van der Waals surface area contributed by atoms with Crippen molar-refractivity contribution in [2.24, 2.45) is 11.8 Å². The monoisotopic (exact) mass is 393 g/mol. The molecule has 2 heterocycles. The number of halogens is 1. The molecule has 20 heavy (non-hydrogen) atoms. The number of fused-ring (bicyclic) bond motifs is 1. The normalized spacial score (nSPS) is 38.2. The van der Waals surface area contributed by atoms with E-state index in [4.69, 9.17) is 19.8 Å². The number of rotatable bonds is 6. The lowest BCUT2D eigenvalue weighted by molar-refractivity contribution is -0.107. The molecule has 0 aromatic rings. The van der Waals surface area contributed by atoms with E-state index in [-0.39, 0.29) is 36.9 Å². The van der Waals surface area contributed by atoms with E-state index in [1.807, 2.05) is 6.92 Å². The van der Waals surface area contributed by atoms with Gasteiger partial charge in [0, 0.05) is 22.9 Å². The molecule has 0 bridgehead atoms. The van der Waals surface area contributed by atoms with Gasteiger partial charge >= 0.3 is 0 Å². The molecule has 2 fully saturated rings. The first-order valence-electron chi connectivity index (χ1n) is 7.57. The van der Waals surface area contributed by atoms with Crippen molar-refractivity contribution in [1.82, 2.24) is 0 Å². The molecule has 6 atom stereocenters. The molecule has 2 rings (SSSR count). The van der Waals surface area contributed by atoms with Crippen LogP contribution in [0, 0.1) is 23.2 Å². The molecular weight excluding hydrogens is 369 g/mol. The molecule has 2 aliphatic heterocycles. The summed E-state index contributed by atoms with van der Waals surface area (Å²) in [7, 11) is 0. The summed E-state index contributed by atoms with van der Waals surface area (Å²) in [6.07, 6.45) is 5.40. The second-order valence-corrected chi connectivity index (χ2v) is 6.84. The molecule has 0 amide bonds. The maximum absolute atomic E-state index is 8.99. The summed E-state index contributed by atoms with van der Waals surface area (Å²) in [5.41, 5.74) is 0. The van der Waals surface area contributed by atoms with Gasteiger partial charge in [0.05, 0.1) is 30.5 Å². The Labute approximate surface area is 135 Å². The van der Waals surface area contributed by atoms with Crippen LogP contribution in [0.2, 0.25) is 0 Å². The number of aliphatic hydroxyl groups is 1. The number of ether oxygens (including phenoxy) is 2. The molecule has 0 spiro atoms. The molecule has 114 valence electrons. The van der Waals surface area contributed by atoms with E-state index < -0.39 is 0 Å². The zero-order valence-electron chi connectivity index (χ0n) is 12.0. The van der Waals surface area contributed by atoms with Crippen LogP contribution in [-0.4, -0.2) is 40.6 Å². The number of hydrogen-bond acceptors (Lipinski definition) is 4. The predicted molar refractivity (Wildman–Crippen MR) is 84.6 cm³/mol. The van der Waals surface area contributed by atoms with Crippen molar-refractivity contribution in [2.75, 3.05) is 11.0 Å². The van der Waals surface area contributed by atoms with Crippen LogP contribution in [0.5, 0.6) is 0 Å². The van der Waals surface area contributed by atoms with Gasteiger partial charge < -0.3 is 14.6 Å². The zero-order chi connectivity index (χ0) is 14.5. The number of hydrogen-bond donors (Lipinski definition) is 1. The highest BCUT2D eigenvalue weighted by Gasteiger charge is 2.47. The van der Waals surface area contributed by atoms with Gasteiger partial charge in [0.25, 0.3) is 0 Å². The average Bonchev–Trinajstić information content (AvgIpc) is 2.81. The molecule has 4 nitrogen and oxygen atoms in total. The minimum atomic E-state index is 0.0575. The minimum absolute atomic E-state index is 0.0575. The van der Waals surface area contributed by atoms with Gasteiger partial charge in [-0.3, -0.25) is 0 Å². The average molecular weight is 393 g/mol. The molecule has 1 N–H and O–H groups in total. The number of alkyl halides is 1. The number of nitrogens with zero attached hydrogens (tertiary/aromatic N) is 1. The molecule has 0 radical (unpaired) electrons. The molecule has 2 aliphatic rings. The summed E-state index contributed by atoms with van der Waals surface area (Å²) in [6, 6.07) is 2.29. The van der Waals surface area contributed by atoms with Gasteiger partial charge in [0.2, 0.25) is 0 Å². The highest BCUT2D eigenvalue weighted by Crippen LogP contribution is 2.40. The fourth-order valence-electron chi connectivity index (χ4n) is 3.33. The molecule has 5 unspecified atom stereocenters. The maximum atomic E-state index is 8.99. The first-order chi connectivity index (χ1) is 9.69. The Balaban J connectivity index is 1.93. The number of nitriles is 1. The van der Waals surface area contributed by atoms with Gasteiger partial charge in [-0.2, -0.15) is 5.26 Å². The van der Waals surface area contributed by atoms with Crippen LogP contribution >= 0.6 is 22.6 Å². The Morgan fingerprint density at radius 1 is 1.40 bits per heavy atom. The first kappa shape index (κ1) is 16.5. The van der Waals surface area contributed by atoms with Crippen LogP contribution in [0.4, 0.5) is 0 Å². The highest BCUT2D eigenvalue weighted by atomic mass is 127. The second-order valence-electron chi connectivity index (χ2n) is 5.96. The third kappa shape index (κ3) is 3.85. The summed E-state index contributed by atoms with van der Waals surface area (Å²) >= 11 is 2.41. The van der Waals surface area contributed by atoms with Crippen molar-refractivity contribution in [3.8, 4) is 6.07 Å². The standard InChI is InChI=1S/C15H24INO3/c1-10(9-17)7-11-4-5-14-15(19-11)12(8-16)13(20-14)3-2-6-18/h10-15,18H,2-8H2,1H3/t10-,11?,12?,13?,14?,15?/m1/s1. The summed E-state index contributed by atoms with van der Waals surface area (Å²) in [5.74, 6) is 0.481. The minimum Gasteiger partial charge on any atom is -0.396 e. The van der Waals surface area contributed by atoms with Gasteiger partial charge in [-0.05, 0) is 39.0 Å². The van der Waals surface area contributed by atoms with Crippen LogP contribution in [0.3, 0.4) is 0 Å². The first-order valence-corrected chi connectivity index (χ1v) is 9.09. The highest BCUT2D eigenvalue weighted by molar-refractivity contribution is 14.1. The quantitative estimate of drug-likeness (QED) is 0.557. The van der Waals surface area contributed by atoms with Crippen molar-refractivity contribution in [3.05, 3.63) is 0 Å². The molecule has 0 aromatic carbocycles. The Bertz CT molecular complexity index is 347. The van der Waals surface area contributed by atoms with Crippen molar-refractivity contribution >= 4 is 22.6 Å². The van der Waals surface area contributed by atoms with Gasteiger partial charge in [-0.1, -0.05) is 22.6 Å². The summed E-state index contributed by atoms with van der Waals surface area (Å²) in [4.78, 5) is 0. The van der Waals surface area contributed by atoms with Crippen LogP contribution < -0.4 is 0 Å². The van der Waals surface area contributed by atoms with Gasteiger partial charge in [-0.25, -0.2) is 0 Å². The van der Waals surface area contributed by atoms with Crippen molar-refractivity contribution in [1.29, 1.82) is 5.26 Å². The van der Waals surface area contributed by atoms with Crippen LogP contribution in [0.15, 0.2) is 0 Å². The van der Waals surface area contributed by atoms with Crippen molar-refractivity contribution < 1.29 is 14.6 Å². The zero-order valence-corrected chi connectivity index (χ0v) is 14.2. The summed E-state index contributed by atoms with van der Waals surface area (Å²) in [6.45, 7) is 2.19. The molecular formula is C15H24INO3. The maximum Gasteiger partial charge on any atom is 0.0900 e. The van der Waals surface area contributed by atoms with E-state index in [1.165, 1.54) is 0 Å². The smallest absolute Gasteiger partial charge is 0.0900 e. The molecule has 5 heteroatoms. The summed E-state index contributed by atoms with van der Waals surface area (Å²) in [5, 5.41) is 17.9. The Hall–Kier alpha value is 0.1000. The lowest BCUT2D eigenvalue weighted by Gasteiger charge is -2.34. The van der Waals surface area contributed by atoms with Gasteiger partial charge in [-0.15, -0.1) is 0 Å². The topological polar surface area (TPSA) is 62.5 Å². The second kappa shape index (κ2) is 7.92. The lowest BCUT2D eigenvalue weighted by atomic mass is 9.89. The third-order valence-electron chi connectivity index (χ3n) is 4.40. The predicted octanol–water partition coefficient (Wildman–Crippen LogP) is 2.67. The molecule has 0 aliphatic carbocycles. The van der Waals surface area contributed by atoms with E-state index in [9.17, 15) is 0 Å². The Kier molecular flexibility index (Phi) is 6.53. The van der Waals surface area contributed by atoms with Gasteiger partial charge in [0.1, 0.15) is 0 Å². The largest absolute Gasteiger partial charge is 0.396 e. The molecule has 2 saturated heterocycles. The fourth-order valence-corrected chi connectivity index (χ4v) is 4.40. The van der Waals surface area contributed by atoms with Gasteiger partial charge in [0.15, 0.2) is 0 Å². The van der Waals surface area contributed by atoms with E-state index in [2.05, 4.69) is 28.7 Å². The van der Waals surface area contributed by atoms with E-state index in [0.29, 0.717) is 5.92 Å². The van der Waals surface area contributed by atoms with E-state index in [1.54, 1.807) is 0 Å². The fraction of sp³-hybridized carbons (Fsp3) is 0.933. The van der Waals surface area contributed by atoms with Crippen molar-refractivity contribution in [2.45, 2.75) is 63.4 Å². The van der Waals surface area contributed by atoms with Crippen LogP contribution in [0.25, 0.3) is 0 Å². The summed E-state index contributed by atoms with van der Waals surface area (Å²) < 4.78 is 13.4. The van der Waals surface area contributed by atoms with Crippen LogP contribution in [0.1, 0.15) is 39.0 Å².